The molecule has 0 unspecified atom stereocenters. The molecule has 6 heteroatoms. The summed E-state index contributed by atoms with van der Waals surface area (Å²) in [5.74, 6) is -4.27. The average molecular weight is 365 g/mol. The van der Waals surface area contributed by atoms with E-state index in [1.54, 1.807) is 0 Å². The first-order valence-electron chi connectivity index (χ1n) is 6.50. The fourth-order valence-electron chi connectivity index (χ4n) is 2.76. The lowest BCUT2D eigenvalue weighted by Crippen LogP contribution is -2.13. The highest BCUT2D eigenvalue weighted by atomic mass is 79.9. The Kier molecular flexibility index (Phi) is 3.89. The van der Waals surface area contributed by atoms with Crippen molar-refractivity contribution in [1.82, 2.24) is 0 Å². The minimum absolute atomic E-state index is 0.215. The van der Waals surface area contributed by atoms with Crippen LogP contribution in [0.5, 0.6) is 0 Å². The highest BCUT2D eigenvalue weighted by Gasteiger charge is 2.69. The van der Waals surface area contributed by atoms with Crippen molar-refractivity contribution in [3.05, 3.63) is 33.6 Å². The zero-order valence-electron chi connectivity index (χ0n) is 12.2. The van der Waals surface area contributed by atoms with Crippen molar-refractivity contribution in [3.8, 4) is 0 Å². The van der Waals surface area contributed by atoms with Crippen molar-refractivity contribution in [2.75, 3.05) is 0 Å². The maximum absolute atomic E-state index is 13.7. The standard InChI is InChI=1S/C15H16BrF3O2/c1-14(2)12(15(14,3)4)13(20)21-6-7-10(16)8(17)5-9(18)11(7)19/h5,12H,6H2,1-4H3. The Bertz CT molecular complexity index is 571. The molecule has 1 aliphatic rings. The summed E-state index contributed by atoms with van der Waals surface area (Å²) in [5, 5.41) is 0. The zero-order valence-corrected chi connectivity index (χ0v) is 13.8. The van der Waals surface area contributed by atoms with Crippen LogP contribution in [0.1, 0.15) is 33.3 Å². The summed E-state index contributed by atoms with van der Waals surface area (Å²) in [6.07, 6.45) is 0. The maximum atomic E-state index is 13.7. The van der Waals surface area contributed by atoms with Gasteiger partial charge in [0.2, 0.25) is 0 Å². The van der Waals surface area contributed by atoms with Gasteiger partial charge in [-0.15, -0.1) is 0 Å². The van der Waals surface area contributed by atoms with E-state index in [1.807, 2.05) is 27.7 Å². The summed E-state index contributed by atoms with van der Waals surface area (Å²) < 4.78 is 45.0. The van der Waals surface area contributed by atoms with E-state index in [4.69, 9.17) is 4.74 Å². The molecule has 1 aromatic carbocycles. The molecule has 0 aliphatic heterocycles. The van der Waals surface area contributed by atoms with E-state index in [2.05, 4.69) is 15.9 Å². The first-order valence-corrected chi connectivity index (χ1v) is 7.29. The minimum atomic E-state index is -1.31. The predicted molar refractivity (Wildman–Crippen MR) is 74.9 cm³/mol. The predicted octanol–water partition coefficient (Wildman–Crippen LogP) is 4.59. The average Bonchev–Trinajstić information content (AvgIpc) is 2.77. The molecular weight excluding hydrogens is 349 g/mol. The maximum Gasteiger partial charge on any atom is 0.310 e. The molecule has 0 amide bonds. The lowest BCUT2D eigenvalue weighted by atomic mass is 10.0. The molecule has 2 rings (SSSR count). The van der Waals surface area contributed by atoms with E-state index in [9.17, 15) is 18.0 Å². The summed E-state index contributed by atoms with van der Waals surface area (Å²) in [6.45, 7) is 7.26. The summed E-state index contributed by atoms with van der Waals surface area (Å²) in [7, 11) is 0. The van der Waals surface area contributed by atoms with Gasteiger partial charge in [-0.05, 0) is 26.8 Å². The van der Waals surface area contributed by atoms with E-state index in [1.165, 1.54) is 0 Å². The molecule has 0 bridgehead atoms. The zero-order chi connectivity index (χ0) is 16.2. The third-order valence-electron chi connectivity index (χ3n) is 4.82. The Balaban J connectivity index is 2.14. The largest absolute Gasteiger partial charge is 0.460 e. The smallest absolute Gasteiger partial charge is 0.310 e. The van der Waals surface area contributed by atoms with Crippen molar-refractivity contribution in [1.29, 1.82) is 0 Å². The van der Waals surface area contributed by atoms with Crippen LogP contribution in [0.15, 0.2) is 10.5 Å². The molecule has 1 fully saturated rings. The van der Waals surface area contributed by atoms with Crippen molar-refractivity contribution >= 4 is 21.9 Å². The first kappa shape index (κ1) is 16.3. The highest BCUT2D eigenvalue weighted by Crippen LogP contribution is 2.68. The number of hydrogen-bond acceptors (Lipinski definition) is 2. The van der Waals surface area contributed by atoms with Gasteiger partial charge in [0.15, 0.2) is 11.6 Å². The van der Waals surface area contributed by atoms with Crippen molar-refractivity contribution < 1.29 is 22.7 Å². The first-order chi connectivity index (χ1) is 9.51. The number of esters is 1. The van der Waals surface area contributed by atoms with Crippen LogP contribution in [0.4, 0.5) is 13.2 Å². The Labute approximate surface area is 129 Å². The van der Waals surface area contributed by atoms with Crippen LogP contribution in [0.25, 0.3) is 0 Å². The van der Waals surface area contributed by atoms with Gasteiger partial charge in [-0.2, -0.15) is 0 Å². The second-order valence-electron chi connectivity index (χ2n) is 6.43. The Morgan fingerprint density at radius 1 is 1.19 bits per heavy atom. The Hall–Kier alpha value is -1.04. The molecule has 116 valence electrons. The molecular formula is C15H16BrF3O2. The molecule has 2 nitrogen and oxygen atoms in total. The van der Waals surface area contributed by atoms with E-state index in [0.29, 0.717) is 6.07 Å². The normalized spacial score (nSPS) is 19.4. The van der Waals surface area contributed by atoms with Gasteiger partial charge in [-0.25, -0.2) is 13.2 Å². The van der Waals surface area contributed by atoms with Crippen LogP contribution in [-0.4, -0.2) is 5.97 Å². The third kappa shape index (κ3) is 2.47. The number of rotatable bonds is 3. The summed E-state index contributed by atoms with van der Waals surface area (Å²) in [6, 6.07) is 0.442. The topological polar surface area (TPSA) is 26.3 Å². The van der Waals surface area contributed by atoms with Crippen LogP contribution in [0, 0.1) is 34.2 Å². The van der Waals surface area contributed by atoms with Gasteiger partial charge in [0, 0.05) is 11.6 Å². The van der Waals surface area contributed by atoms with Gasteiger partial charge >= 0.3 is 5.97 Å². The van der Waals surface area contributed by atoms with Crippen molar-refractivity contribution in [2.24, 2.45) is 16.7 Å². The SMILES string of the molecule is CC1(C)C(C(=O)OCc2c(F)c(F)cc(F)c2Br)C1(C)C. The van der Waals surface area contributed by atoms with Gasteiger partial charge in [0.05, 0.1) is 10.4 Å². The summed E-state index contributed by atoms with van der Waals surface area (Å²) in [5.41, 5.74) is -0.766. The van der Waals surface area contributed by atoms with E-state index in [0.717, 1.165) is 0 Å². The molecule has 21 heavy (non-hydrogen) atoms. The monoisotopic (exact) mass is 364 g/mol. The van der Waals surface area contributed by atoms with E-state index in [-0.39, 0.29) is 26.8 Å². The minimum Gasteiger partial charge on any atom is -0.460 e. The third-order valence-corrected chi connectivity index (χ3v) is 5.68. The second kappa shape index (κ2) is 5.00. The Morgan fingerprint density at radius 2 is 1.71 bits per heavy atom. The molecule has 0 aromatic heterocycles. The number of carbonyl (C=O) groups is 1. The van der Waals surface area contributed by atoms with Crippen LogP contribution in [0.2, 0.25) is 0 Å². The van der Waals surface area contributed by atoms with Crippen molar-refractivity contribution in [3.63, 3.8) is 0 Å². The second-order valence-corrected chi connectivity index (χ2v) is 7.22. The molecule has 1 aromatic rings. The molecule has 0 atom stereocenters. The van der Waals surface area contributed by atoms with E-state index < -0.39 is 30.0 Å². The highest BCUT2D eigenvalue weighted by molar-refractivity contribution is 9.10. The van der Waals surface area contributed by atoms with E-state index >= 15 is 0 Å². The summed E-state index contributed by atoms with van der Waals surface area (Å²) in [4.78, 5) is 12.1. The number of hydrogen-bond donors (Lipinski definition) is 0. The quantitative estimate of drug-likeness (QED) is 0.579. The van der Waals surface area contributed by atoms with Crippen LogP contribution in [-0.2, 0) is 16.1 Å². The molecule has 0 heterocycles. The van der Waals surface area contributed by atoms with Gasteiger partial charge in [-0.3, -0.25) is 4.79 Å². The van der Waals surface area contributed by atoms with Crippen LogP contribution in [0.3, 0.4) is 0 Å². The van der Waals surface area contributed by atoms with Gasteiger partial charge in [0.25, 0.3) is 0 Å². The number of halogens is 4. The summed E-state index contributed by atoms with van der Waals surface area (Å²) >= 11 is 2.84. The van der Waals surface area contributed by atoms with Gasteiger partial charge in [-0.1, -0.05) is 27.7 Å². The lowest BCUT2D eigenvalue weighted by molar-refractivity contribution is -0.148. The molecule has 0 radical (unpaired) electrons. The lowest BCUT2D eigenvalue weighted by Gasteiger charge is -2.10. The molecule has 1 saturated carbocycles. The molecule has 0 N–H and O–H groups in total. The van der Waals surface area contributed by atoms with Gasteiger partial charge in [0.1, 0.15) is 12.4 Å². The van der Waals surface area contributed by atoms with Crippen LogP contribution >= 0.6 is 15.9 Å². The van der Waals surface area contributed by atoms with Crippen molar-refractivity contribution in [2.45, 2.75) is 34.3 Å². The molecule has 1 aliphatic carbocycles. The Morgan fingerprint density at radius 3 is 2.19 bits per heavy atom. The number of ether oxygens (including phenoxy) is 1. The number of benzene rings is 1. The fourth-order valence-corrected chi connectivity index (χ4v) is 3.16. The molecule has 0 saturated heterocycles. The number of carbonyl (C=O) groups excluding carboxylic acids is 1. The van der Waals surface area contributed by atoms with Crippen LogP contribution < -0.4 is 0 Å². The fraction of sp³-hybridized carbons (Fsp3) is 0.533. The van der Waals surface area contributed by atoms with Gasteiger partial charge < -0.3 is 4.74 Å². The molecule has 0 spiro atoms.